The van der Waals surface area contributed by atoms with Crippen molar-refractivity contribution in [3.63, 3.8) is 0 Å². The molecule has 3 rings (SSSR count). The Kier molecular flexibility index (Phi) is 2.73. The number of nitrogens with two attached hydrogens (primary N) is 1. The number of aryl methyl sites for hydroxylation is 1. The molecule has 0 aliphatic heterocycles. The Bertz CT molecular complexity index is 686. The summed E-state index contributed by atoms with van der Waals surface area (Å²) in [7, 11) is 1.79. The van der Waals surface area contributed by atoms with E-state index in [1.54, 1.807) is 11.7 Å². The summed E-state index contributed by atoms with van der Waals surface area (Å²) >= 11 is 1.41. The minimum atomic E-state index is 0.415. The lowest BCUT2D eigenvalue weighted by Gasteiger charge is -2.00. The highest BCUT2D eigenvalue weighted by Crippen LogP contribution is 2.28. The molecule has 0 atom stereocenters. The van der Waals surface area contributed by atoms with Crippen LogP contribution < -0.4 is 5.73 Å². The quantitative estimate of drug-likeness (QED) is 0.737. The zero-order chi connectivity index (χ0) is 12.5. The number of rotatable bonds is 3. The number of pyridine rings is 1. The molecule has 0 amide bonds. The fraction of sp³-hybridized carbons (Fsp3) is 0.200. The van der Waals surface area contributed by atoms with Gasteiger partial charge < -0.3 is 10.1 Å². The Hall–Kier alpha value is -1.93. The minimum Gasteiger partial charge on any atom is -0.325 e. The number of hydrogen-bond donors (Lipinski definition) is 1. The highest BCUT2D eigenvalue weighted by atomic mass is 32.2. The van der Waals surface area contributed by atoms with E-state index in [1.807, 2.05) is 28.8 Å². The van der Waals surface area contributed by atoms with E-state index in [2.05, 4.69) is 20.5 Å². The first kappa shape index (κ1) is 11.2. The first-order valence-corrected chi connectivity index (χ1v) is 6.17. The molecule has 2 N–H and O–H groups in total. The van der Waals surface area contributed by atoms with Crippen molar-refractivity contribution in [1.82, 2.24) is 29.6 Å². The van der Waals surface area contributed by atoms with E-state index >= 15 is 0 Å². The van der Waals surface area contributed by atoms with Crippen LogP contribution in [0.25, 0.3) is 5.65 Å². The van der Waals surface area contributed by atoms with Crippen molar-refractivity contribution in [1.29, 1.82) is 0 Å². The van der Waals surface area contributed by atoms with Crippen LogP contribution in [0.2, 0.25) is 0 Å². The second kappa shape index (κ2) is 4.39. The highest BCUT2D eigenvalue weighted by molar-refractivity contribution is 7.99. The van der Waals surface area contributed by atoms with Crippen molar-refractivity contribution in [2.45, 2.75) is 16.7 Å². The molecule has 3 aromatic heterocycles. The molecule has 0 saturated carbocycles. The molecule has 3 heterocycles. The molecule has 0 aliphatic rings. The van der Waals surface area contributed by atoms with Crippen molar-refractivity contribution < 1.29 is 0 Å². The van der Waals surface area contributed by atoms with E-state index in [0.717, 1.165) is 16.4 Å². The summed E-state index contributed by atoms with van der Waals surface area (Å²) in [6.07, 6.45) is 1.95. The van der Waals surface area contributed by atoms with Gasteiger partial charge in [0.1, 0.15) is 10.7 Å². The van der Waals surface area contributed by atoms with Crippen LogP contribution in [0.4, 0.5) is 0 Å². The van der Waals surface area contributed by atoms with E-state index in [1.165, 1.54) is 11.8 Å². The molecular weight excluding hydrogens is 250 g/mol. The molecular formula is C10H11N7S. The molecule has 0 unspecified atom stereocenters. The van der Waals surface area contributed by atoms with E-state index in [4.69, 9.17) is 5.73 Å². The van der Waals surface area contributed by atoms with Gasteiger partial charge in [-0.2, -0.15) is 0 Å². The largest absolute Gasteiger partial charge is 0.325 e. The van der Waals surface area contributed by atoms with Gasteiger partial charge in [0, 0.05) is 19.8 Å². The van der Waals surface area contributed by atoms with Crippen LogP contribution in [0.15, 0.2) is 34.6 Å². The molecule has 8 heteroatoms. The molecule has 0 aliphatic carbocycles. The third-order valence-corrected chi connectivity index (χ3v) is 3.60. The van der Waals surface area contributed by atoms with Gasteiger partial charge in [-0.05, 0) is 34.3 Å². The van der Waals surface area contributed by atoms with Gasteiger partial charge in [-0.25, -0.2) is 9.67 Å². The SMILES string of the molecule is Cn1nnnc1Sc1nc2ccccn2c1CN. The second-order valence-corrected chi connectivity index (χ2v) is 4.64. The lowest BCUT2D eigenvalue weighted by Crippen LogP contribution is -2.02. The van der Waals surface area contributed by atoms with Crippen LogP contribution in [-0.4, -0.2) is 29.6 Å². The highest BCUT2D eigenvalue weighted by Gasteiger charge is 2.14. The van der Waals surface area contributed by atoms with E-state index < -0.39 is 0 Å². The predicted molar refractivity (Wildman–Crippen MR) is 66.0 cm³/mol. The normalized spacial score (nSPS) is 11.2. The Balaban J connectivity index is 2.09. The van der Waals surface area contributed by atoms with Crippen LogP contribution >= 0.6 is 11.8 Å². The summed E-state index contributed by atoms with van der Waals surface area (Å²) in [5.41, 5.74) is 7.62. The number of hydrogen-bond acceptors (Lipinski definition) is 6. The van der Waals surface area contributed by atoms with Crippen molar-refractivity contribution in [2.75, 3.05) is 0 Å². The maximum atomic E-state index is 5.80. The van der Waals surface area contributed by atoms with Gasteiger partial charge in [0.25, 0.3) is 0 Å². The van der Waals surface area contributed by atoms with E-state index in [-0.39, 0.29) is 0 Å². The first-order valence-electron chi connectivity index (χ1n) is 5.36. The molecule has 0 saturated heterocycles. The third kappa shape index (κ3) is 1.75. The average molecular weight is 261 g/mol. The first-order chi connectivity index (χ1) is 8.79. The molecule has 3 aromatic rings. The van der Waals surface area contributed by atoms with E-state index in [0.29, 0.717) is 11.7 Å². The summed E-state index contributed by atoms with van der Waals surface area (Å²) in [5.74, 6) is 0. The monoisotopic (exact) mass is 261 g/mol. The Labute approximate surface area is 107 Å². The standard InChI is InChI=1S/C10H11N7S/c1-16-10(13-14-15-16)18-9-7(6-11)17-5-3-2-4-8(17)12-9/h2-5H,6,11H2,1H3. The zero-order valence-electron chi connectivity index (χ0n) is 9.69. The van der Waals surface area contributed by atoms with Crippen LogP contribution in [-0.2, 0) is 13.6 Å². The van der Waals surface area contributed by atoms with Gasteiger partial charge in [-0.15, -0.1) is 5.10 Å². The van der Waals surface area contributed by atoms with Crippen molar-refractivity contribution in [3.8, 4) is 0 Å². The summed E-state index contributed by atoms with van der Waals surface area (Å²) in [5, 5.41) is 12.8. The van der Waals surface area contributed by atoms with Gasteiger partial charge in [-0.3, -0.25) is 0 Å². The molecule has 92 valence electrons. The second-order valence-electron chi connectivity index (χ2n) is 3.68. The van der Waals surface area contributed by atoms with E-state index in [9.17, 15) is 0 Å². The van der Waals surface area contributed by atoms with Gasteiger partial charge in [0.15, 0.2) is 0 Å². The molecule has 0 bridgehead atoms. The summed E-state index contributed by atoms with van der Waals surface area (Å²) in [4.78, 5) is 4.54. The predicted octanol–water partition coefficient (Wildman–Crippen LogP) is 0.468. The number of imidazole rings is 1. The van der Waals surface area contributed by atoms with Crippen molar-refractivity contribution in [3.05, 3.63) is 30.1 Å². The fourth-order valence-electron chi connectivity index (χ4n) is 1.69. The maximum absolute atomic E-state index is 5.80. The van der Waals surface area contributed by atoms with Crippen LogP contribution in [0.3, 0.4) is 0 Å². The smallest absolute Gasteiger partial charge is 0.215 e. The lowest BCUT2D eigenvalue weighted by atomic mass is 10.4. The minimum absolute atomic E-state index is 0.415. The summed E-state index contributed by atoms with van der Waals surface area (Å²) in [6.45, 7) is 0.415. The number of nitrogens with zero attached hydrogens (tertiary/aromatic N) is 6. The number of tetrazole rings is 1. The molecule has 0 spiro atoms. The van der Waals surface area contributed by atoms with Gasteiger partial charge in [0.05, 0.1) is 5.69 Å². The van der Waals surface area contributed by atoms with Gasteiger partial charge >= 0.3 is 0 Å². The fourth-order valence-corrected chi connectivity index (χ4v) is 2.54. The molecule has 0 aromatic carbocycles. The maximum Gasteiger partial charge on any atom is 0.215 e. The van der Waals surface area contributed by atoms with Crippen molar-refractivity contribution >= 4 is 17.4 Å². The number of fused-ring (bicyclic) bond motifs is 1. The molecule has 18 heavy (non-hydrogen) atoms. The number of aromatic nitrogens is 6. The van der Waals surface area contributed by atoms with Crippen LogP contribution in [0, 0.1) is 0 Å². The third-order valence-electron chi connectivity index (χ3n) is 2.55. The molecule has 7 nitrogen and oxygen atoms in total. The van der Waals surface area contributed by atoms with Crippen molar-refractivity contribution in [2.24, 2.45) is 12.8 Å². The average Bonchev–Trinajstić information content (AvgIpc) is 2.93. The topological polar surface area (TPSA) is 86.9 Å². The van der Waals surface area contributed by atoms with Gasteiger partial charge in [0.2, 0.25) is 5.16 Å². The van der Waals surface area contributed by atoms with Crippen LogP contribution in [0.5, 0.6) is 0 Å². The lowest BCUT2D eigenvalue weighted by molar-refractivity contribution is 0.664. The molecule has 0 radical (unpaired) electrons. The van der Waals surface area contributed by atoms with Gasteiger partial charge in [-0.1, -0.05) is 6.07 Å². The Morgan fingerprint density at radius 1 is 1.39 bits per heavy atom. The zero-order valence-corrected chi connectivity index (χ0v) is 10.5. The summed E-state index contributed by atoms with van der Waals surface area (Å²) in [6, 6.07) is 5.84. The Morgan fingerprint density at radius 2 is 2.28 bits per heavy atom. The van der Waals surface area contributed by atoms with Crippen LogP contribution in [0.1, 0.15) is 5.69 Å². The summed E-state index contributed by atoms with van der Waals surface area (Å²) < 4.78 is 3.58. The Morgan fingerprint density at radius 3 is 3.00 bits per heavy atom. The molecule has 0 fully saturated rings.